The van der Waals surface area contributed by atoms with Crippen LogP contribution in [0.4, 0.5) is 0 Å². The summed E-state index contributed by atoms with van der Waals surface area (Å²) in [6.45, 7) is 3.52. The van der Waals surface area contributed by atoms with Gasteiger partial charge >= 0.3 is 5.97 Å². The van der Waals surface area contributed by atoms with Gasteiger partial charge in [-0.15, -0.1) is 0 Å². The number of carbonyl (C=O) groups is 2. The number of rotatable bonds is 6. The van der Waals surface area contributed by atoms with Gasteiger partial charge in [0.1, 0.15) is 17.1 Å². The van der Waals surface area contributed by atoms with Crippen LogP contribution < -0.4 is 4.74 Å². The number of aromatic carboxylic acids is 1. The molecule has 98 valence electrons. The average molecular weight is 250 g/mol. The molecule has 1 rings (SSSR count). The van der Waals surface area contributed by atoms with Gasteiger partial charge in [-0.2, -0.15) is 0 Å². The van der Waals surface area contributed by atoms with Crippen LogP contribution in [0.2, 0.25) is 0 Å². The molecule has 0 unspecified atom stereocenters. The molecule has 1 atom stereocenters. The van der Waals surface area contributed by atoms with E-state index in [0.717, 1.165) is 12.0 Å². The SMILES string of the molecule is CC[C@@H](Cc1ccc(OC)c(C(=O)O)c1)C(C)=O. The van der Waals surface area contributed by atoms with Crippen molar-refractivity contribution in [2.75, 3.05) is 7.11 Å². The van der Waals surface area contributed by atoms with Crippen LogP contribution in [-0.2, 0) is 11.2 Å². The highest BCUT2D eigenvalue weighted by Crippen LogP contribution is 2.22. The maximum absolute atomic E-state index is 11.4. The lowest BCUT2D eigenvalue weighted by molar-refractivity contribution is -0.120. The Labute approximate surface area is 107 Å². The lowest BCUT2D eigenvalue weighted by atomic mass is 9.93. The molecule has 0 heterocycles. The molecule has 0 spiro atoms. The zero-order valence-corrected chi connectivity index (χ0v) is 10.9. The molecule has 0 amide bonds. The van der Waals surface area contributed by atoms with Gasteiger partial charge in [-0.05, 0) is 37.5 Å². The summed E-state index contributed by atoms with van der Waals surface area (Å²) in [5, 5.41) is 9.07. The Morgan fingerprint density at radius 2 is 2.06 bits per heavy atom. The molecule has 0 aromatic heterocycles. The standard InChI is InChI=1S/C14H18O4/c1-4-11(9(2)15)7-10-5-6-13(18-3)12(8-10)14(16)17/h5-6,8,11H,4,7H2,1-3H3,(H,16,17)/t11-/m0/s1. The number of ether oxygens (including phenoxy) is 1. The van der Waals surface area contributed by atoms with E-state index in [1.165, 1.54) is 7.11 Å². The minimum Gasteiger partial charge on any atom is -0.496 e. The van der Waals surface area contributed by atoms with Gasteiger partial charge in [-0.3, -0.25) is 4.79 Å². The minimum absolute atomic E-state index is 0.0555. The number of methoxy groups -OCH3 is 1. The second kappa shape index (κ2) is 6.19. The predicted molar refractivity (Wildman–Crippen MR) is 68.1 cm³/mol. The van der Waals surface area contributed by atoms with Crippen LogP contribution >= 0.6 is 0 Å². The molecular formula is C14H18O4. The van der Waals surface area contributed by atoms with Crippen molar-refractivity contribution in [3.05, 3.63) is 29.3 Å². The number of carboxylic acids is 1. The first-order chi connectivity index (χ1) is 8.49. The minimum atomic E-state index is -1.02. The van der Waals surface area contributed by atoms with Gasteiger partial charge in [0.25, 0.3) is 0 Å². The summed E-state index contributed by atoms with van der Waals surface area (Å²) in [6, 6.07) is 5.01. The molecule has 4 nitrogen and oxygen atoms in total. The first-order valence-corrected chi connectivity index (χ1v) is 5.90. The van der Waals surface area contributed by atoms with Crippen LogP contribution in [-0.4, -0.2) is 24.0 Å². The van der Waals surface area contributed by atoms with Gasteiger partial charge in [0.05, 0.1) is 7.11 Å². The highest BCUT2D eigenvalue weighted by Gasteiger charge is 2.16. The Balaban J connectivity index is 3.01. The third-order valence-corrected chi connectivity index (χ3v) is 3.04. The molecule has 0 saturated carbocycles. The Bertz CT molecular complexity index is 451. The molecule has 0 aliphatic carbocycles. The summed E-state index contributed by atoms with van der Waals surface area (Å²) in [7, 11) is 1.44. The van der Waals surface area contributed by atoms with E-state index in [-0.39, 0.29) is 17.3 Å². The monoisotopic (exact) mass is 250 g/mol. The van der Waals surface area contributed by atoms with Crippen molar-refractivity contribution in [3.63, 3.8) is 0 Å². The van der Waals surface area contributed by atoms with Crippen molar-refractivity contribution in [3.8, 4) is 5.75 Å². The van der Waals surface area contributed by atoms with Gasteiger partial charge in [-0.25, -0.2) is 4.79 Å². The van der Waals surface area contributed by atoms with Crippen molar-refractivity contribution in [2.45, 2.75) is 26.7 Å². The first-order valence-electron chi connectivity index (χ1n) is 5.90. The van der Waals surface area contributed by atoms with Gasteiger partial charge in [0, 0.05) is 5.92 Å². The lowest BCUT2D eigenvalue weighted by Gasteiger charge is -2.12. The van der Waals surface area contributed by atoms with Crippen LogP contribution in [0.1, 0.15) is 36.2 Å². The molecule has 18 heavy (non-hydrogen) atoms. The second-order valence-electron chi connectivity index (χ2n) is 4.26. The Kier molecular flexibility index (Phi) is 4.89. The van der Waals surface area contributed by atoms with Crippen LogP contribution in [0.3, 0.4) is 0 Å². The van der Waals surface area contributed by atoms with Crippen LogP contribution in [0.5, 0.6) is 5.75 Å². The summed E-state index contributed by atoms with van der Waals surface area (Å²) in [6.07, 6.45) is 1.32. The zero-order chi connectivity index (χ0) is 13.7. The average Bonchev–Trinajstić information content (AvgIpc) is 2.35. The smallest absolute Gasteiger partial charge is 0.339 e. The highest BCUT2D eigenvalue weighted by atomic mass is 16.5. The summed E-state index contributed by atoms with van der Waals surface area (Å²) in [4.78, 5) is 22.5. The lowest BCUT2D eigenvalue weighted by Crippen LogP contribution is -2.13. The number of hydrogen-bond donors (Lipinski definition) is 1. The van der Waals surface area contributed by atoms with Gasteiger partial charge in [0.2, 0.25) is 0 Å². The van der Waals surface area contributed by atoms with E-state index in [0.29, 0.717) is 12.2 Å². The predicted octanol–water partition coefficient (Wildman–Crippen LogP) is 2.55. The van der Waals surface area contributed by atoms with Crippen molar-refractivity contribution in [2.24, 2.45) is 5.92 Å². The molecule has 1 aromatic carbocycles. The van der Waals surface area contributed by atoms with E-state index < -0.39 is 5.97 Å². The third-order valence-electron chi connectivity index (χ3n) is 3.04. The fourth-order valence-electron chi connectivity index (χ4n) is 1.91. The second-order valence-corrected chi connectivity index (χ2v) is 4.26. The molecule has 0 bridgehead atoms. The maximum Gasteiger partial charge on any atom is 0.339 e. The molecule has 1 N–H and O–H groups in total. The fraction of sp³-hybridized carbons (Fsp3) is 0.429. The summed E-state index contributed by atoms with van der Waals surface area (Å²) >= 11 is 0. The molecular weight excluding hydrogens is 232 g/mol. The van der Waals surface area contributed by atoms with Crippen LogP contribution in [0.25, 0.3) is 0 Å². The topological polar surface area (TPSA) is 63.6 Å². The number of carboxylic acid groups (broad SMARTS) is 1. The van der Waals surface area contributed by atoms with Crippen molar-refractivity contribution < 1.29 is 19.4 Å². The van der Waals surface area contributed by atoms with Gasteiger partial charge in [-0.1, -0.05) is 13.0 Å². The zero-order valence-electron chi connectivity index (χ0n) is 10.9. The quantitative estimate of drug-likeness (QED) is 0.842. The van der Waals surface area contributed by atoms with E-state index in [1.54, 1.807) is 25.1 Å². The maximum atomic E-state index is 11.4. The summed E-state index contributed by atoms with van der Waals surface area (Å²) in [5.41, 5.74) is 0.976. The largest absolute Gasteiger partial charge is 0.496 e. The molecule has 1 aromatic rings. The normalized spacial score (nSPS) is 11.9. The number of hydrogen-bond acceptors (Lipinski definition) is 3. The molecule has 0 aliphatic rings. The number of Topliss-reactive ketones (excluding diaryl/α,β-unsaturated/α-hetero) is 1. The fourth-order valence-corrected chi connectivity index (χ4v) is 1.91. The van der Waals surface area contributed by atoms with E-state index in [1.807, 2.05) is 6.92 Å². The van der Waals surface area contributed by atoms with E-state index in [4.69, 9.17) is 9.84 Å². The number of ketones is 1. The van der Waals surface area contributed by atoms with E-state index in [9.17, 15) is 9.59 Å². The Hall–Kier alpha value is -1.84. The van der Waals surface area contributed by atoms with Gasteiger partial charge < -0.3 is 9.84 Å². The van der Waals surface area contributed by atoms with Crippen LogP contribution in [0.15, 0.2) is 18.2 Å². The summed E-state index contributed by atoms with van der Waals surface area (Å²) < 4.78 is 4.99. The molecule has 0 radical (unpaired) electrons. The summed E-state index contributed by atoms with van der Waals surface area (Å²) in [5.74, 6) is -0.614. The number of carbonyl (C=O) groups excluding carboxylic acids is 1. The van der Waals surface area contributed by atoms with Crippen molar-refractivity contribution in [1.29, 1.82) is 0 Å². The molecule has 4 heteroatoms. The molecule has 0 saturated heterocycles. The van der Waals surface area contributed by atoms with Gasteiger partial charge in [0.15, 0.2) is 0 Å². The Morgan fingerprint density at radius 1 is 1.39 bits per heavy atom. The van der Waals surface area contributed by atoms with Crippen molar-refractivity contribution >= 4 is 11.8 Å². The Morgan fingerprint density at radius 3 is 2.50 bits per heavy atom. The molecule has 0 fully saturated rings. The number of benzene rings is 1. The third kappa shape index (κ3) is 3.32. The highest BCUT2D eigenvalue weighted by molar-refractivity contribution is 5.91. The first kappa shape index (κ1) is 14.2. The molecule has 0 aliphatic heterocycles. The van der Waals surface area contributed by atoms with E-state index in [2.05, 4.69) is 0 Å². The van der Waals surface area contributed by atoms with E-state index >= 15 is 0 Å². The van der Waals surface area contributed by atoms with Crippen LogP contribution in [0, 0.1) is 5.92 Å². The van der Waals surface area contributed by atoms with Crippen molar-refractivity contribution in [1.82, 2.24) is 0 Å².